The maximum atomic E-state index is 5.66. The zero-order valence-electron chi connectivity index (χ0n) is 15.8. The lowest BCUT2D eigenvalue weighted by molar-refractivity contribution is 0.0168. The van der Waals surface area contributed by atoms with E-state index in [-0.39, 0.29) is 24.0 Å². The van der Waals surface area contributed by atoms with E-state index in [1.165, 1.54) is 0 Å². The quantitative estimate of drug-likeness (QED) is 0.235. The summed E-state index contributed by atoms with van der Waals surface area (Å²) in [5, 5.41) is 6.62. The van der Waals surface area contributed by atoms with Crippen molar-refractivity contribution in [2.24, 2.45) is 4.99 Å². The van der Waals surface area contributed by atoms with Crippen molar-refractivity contribution in [2.45, 2.75) is 38.8 Å². The molecule has 1 atom stereocenters. The molecule has 1 saturated heterocycles. The fourth-order valence-corrected chi connectivity index (χ4v) is 2.72. The first-order valence-electron chi connectivity index (χ1n) is 9.18. The third kappa shape index (κ3) is 8.55. The fourth-order valence-electron chi connectivity index (χ4n) is 2.72. The molecular formula is C19H32IN3O3. The van der Waals surface area contributed by atoms with Crippen molar-refractivity contribution in [3.63, 3.8) is 0 Å². The minimum absolute atomic E-state index is 0. The molecule has 2 rings (SSSR count). The summed E-state index contributed by atoms with van der Waals surface area (Å²) < 4.78 is 16.8. The molecule has 2 N–H and O–H groups in total. The molecule has 1 fully saturated rings. The van der Waals surface area contributed by atoms with E-state index < -0.39 is 0 Å². The molecule has 0 amide bonds. The Balaban J connectivity index is 0.00000338. The van der Waals surface area contributed by atoms with E-state index in [9.17, 15) is 0 Å². The Morgan fingerprint density at radius 1 is 1.31 bits per heavy atom. The number of hydrogen-bond donors (Lipinski definition) is 2. The van der Waals surface area contributed by atoms with E-state index in [0.717, 1.165) is 56.3 Å². The summed E-state index contributed by atoms with van der Waals surface area (Å²) in [6.45, 7) is 6.47. The van der Waals surface area contributed by atoms with Gasteiger partial charge in [0.05, 0.1) is 19.3 Å². The first-order chi connectivity index (χ1) is 12.3. The largest absolute Gasteiger partial charge is 0.494 e. The second kappa shape index (κ2) is 14.1. The van der Waals surface area contributed by atoms with Crippen LogP contribution in [0, 0.1) is 0 Å². The van der Waals surface area contributed by atoms with E-state index in [2.05, 4.69) is 21.7 Å². The molecule has 26 heavy (non-hydrogen) atoms. The van der Waals surface area contributed by atoms with Crippen LogP contribution >= 0.6 is 24.0 Å². The van der Waals surface area contributed by atoms with E-state index in [0.29, 0.717) is 25.9 Å². The van der Waals surface area contributed by atoms with Crippen molar-refractivity contribution in [2.75, 3.05) is 40.0 Å². The lowest BCUT2D eigenvalue weighted by Crippen LogP contribution is -2.37. The minimum atomic E-state index is 0. The van der Waals surface area contributed by atoms with E-state index in [1.807, 2.05) is 25.1 Å². The van der Waals surface area contributed by atoms with Crippen LogP contribution in [0.15, 0.2) is 29.3 Å². The lowest BCUT2D eigenvalue weighted by atomic mass is 10.2. The molecule has 1 aromatic carbocycles. The van der Waals surface area contributed by atoms with Crippen LogP contribution in [0.25, 0.3) is 0 Å². The number of hydrogen-bond acceptors (Lipinski definition) is 4. The maximum Gasteiger partial charge on any atom is 0.191 e. The lowest BCUT2D eigenvalue weighted by Gasteiger charge is -2.14. The van der Waals surface area contributed by atoms with Crippen molar-refractivity contribution in [3.8, 4) is 5.75 Å². The Kier molecular flexibility index (Phi) is 12.4. The Hall–Kier alpha value is -1.06. The van der Waals surface area contributed by atoms with Crippen molar-refractivity contribution >= 4 is 29.9 Å². The molecule has 148 valence electrons. The zero-order valence-corrected chi connectivity index (χ0v) is 18.2. The van der Waals surface area contributed by atoms with Gasteiger partial charge in [0.25, 0.3) is 0 Å². The number of benzene rings is 1. The van der Waals surface area contributed by atoms with Gasteiger partial charge in [0.15, 0.2) is 5.96 Å². The summed E-state index contributed by atoms with van der Waals surface area (Å²) in [4.78, 5) is 4.25. The van der Waals surface area contributed by atoms with Crippen LogP contribution in [-0.4, -0.2) is 52.1 Å². The van der Waals surface area contributed by atoms with Crippen LogP contribution in [0.2, 0.25) is 0 Å². The minimum Gasteiger partial charge on any atom is -0.494 e. The van der Waals surface area contributed by atoms with Crippen molar-refractivity contribution in [1.82, 2.24) is 10.6 Å². The van der Waals surface area contributed by atoms with Crippen molar-refractivity contribution in [1.29, 1.82) is 0 Å². The Labute approximate surface area is 174 Å². The molecule has 0 aromatic heterocycles. The number of aliphatic imine (C=N–C) groups is 1. The first-order valence-corrected chi connectivity index (χ1v) is 9.18. The third-order valence-electron chi connectivity index (χ3n) is 4.03. The SMILES string of the molecule is CCOc1ccccc1CNC(=NC)NCCCOCC1CCCO1.I. The molecule has 1 heterocycles. The second-order valence-electron chi connectivity index (χ2n) is 5.96. The Bertz CT molecular complexity index is 523. The monoisotopic (exact) mass is 477 g/mol. The van der Waals surface area contributed by atoms with Crippen LogP contribution in [0.5, 0.6) is 5.75 Å². The van der Waals surface area contributed by atoms with Crippen LogP contribution < -0.4 is 15.4 Å². The summed E-state index contributed by atoms with van der Waals surface area (Å²) in [5.41, 5.74) is 1.12. The van der Waals surface area contributed by atoms with E-state index in [1.54, 1.807) is 7.05 Å². The normalized spacial score (nSPS) is 16.8. The van der Waals surface area contributed by atoms with Crippen LogP contribution in [-0.2, 0) is 16.0 Å². The zero-order chi connectivity index (χ0) is 17.7. The number of nitrogens with zero attached hydrogens (tertiary/aromatic N) is 1. The number of guanidine groups is 1. The molecule has 1 aromatic rings. The molecular weight excluding hydrogens is 445 g/mol. The second-order valence-corrected chi connectivity index (χ2v) is 5.96. The van der Waals surface area contributed by atoms with Gasteiger partial charge in [-0.25, -0.2) is 0 Å². The summed E-state index contributed by atoms with van der Waals surface area (Å²) in [7, 11) is 1.78. The van der Waals surface area contributed by atoms with Gasteiger partial charge in [-0.3, -0.25) is 4.99 Å². The molecule has 0 saturated carbocycles. The standard InChI is InChI=1S/C19H31N3O3.HI/c1-3-24-18-10-5-4-8-16(18)14-22-19(20-2)21-11-7-12-23-15-17-9-6-13-25-17;/h4-5,8,10,17H,3,6-7,9,11-15H2,1-2H3,(H2,20,21,22);1H. The van der Waals surface area contributed by atoms with E-state index in [4.69, 9.17) is 14.2 Å². The van der Waals surface area contributed by atoms with Gasteiger partial charge in [-0.15, -0.1) is 24.0 Å². The summed E-state index contributed by atoms with van der Waals surface area (Å²) in [5.74, 6) is 1.70. The van der Waals surface area contributed by atoms with Gasteiger partial charge in [-0.05, 0) is 32.3 Å². The summed E-state index contributed by atoms with van der Waals surface area (Å²) >= 11 is 0. The average Bonchev–Trinajstić information content (AvgIpc) is 3.15. The van der Waals surface area contributed by atoms with Gasteiger partial charge >= 0.3 is 0 Å². The van der Waals surface area contributed by atoms with E-state index >= 15 is 0 Å². The molecule has 1 aliphatic heterocycles. The Morgan fingerprint density at radius 3 is 2.88 bits per heavy atom. The first kappa shape index (κ1) is 23.0. The predicted octanol–water partition coefficient (Wildman–Crippen LogP) is 2.95. The summed E-state index contributed by atoms with van der Waals surface area (Å²) in [6.07, 6.45) is 3.51. The van der Waals surface area contributed by atoms with Crippen LogP contribution in [0.3, 0.4) is 0 Å². The number of halogens is 1. The van der Waals surface area contributed by atoms with Crippen LogP contribution in [0.4, 0.5) is 0 Å². The number of rotatable bonds is 10. The fraction of sp³-hybridized carbons (Fsp3) is 0.632. The van der Waals surface area contributed by atoms with Gasteiger partial charge in [0.2, 0.25) is 0 Å². The number of ether oxygens (including phenoxy) is 3. The highest BCUT2D eigenvalue weighted by Crippen LogP contribution is 2.17. The van der Waals surface area contributed by atoms with Crippen molar-refractivity contribution in [3.05, 3.63) is 29.8 Å². The van der Waals surface area contributed by atoms with Gasteiger partial charge < -0.3 is 24.8 Å². The number of nitrogens with one attached hydrogen (secondary N) is 2. The molecule has 0 aliphatic carbocycles. The molecule has 6 nitrogen and oxygen atoms in total. The van der Waals surface area contributed by atoms with Crippen LogP contribution in [0.1, 0.15) is 31.7 Å². The smallest absolute Gasteiger partial charge is 0.191 e. The molecule has 7 heteroatoms. The topological polar surface area (TPSA) is 64.1 Å². The highest BCUT2D eigenvalue weighted by Gasteiger charge is 2.14. The summed E-state index contributed by atoms with van der Waals surface area (Å²) in [6, 6.07) is 8.05. The Morgan fingerprint density at radius 2 is 2.15 bits per heavy atom. The van der Waals surface area contributed by atoms with Gasteiger partial charge in [0.1, 0.15) is 5.75 Å². The van der Waals surface area contributed by atoms with Crippen molar-refractivity contribution < 1.29 is 14.2 Å². The third-order valence-corrected chi connectivity index (χ3v) is 4.03. The number of para-hydroxylation sites is 1. The molecule has 0 radical (unpaired) electrons. The molecule has 0 spiro atoms. The average molecular weight is 477 g/mol. The molecule has 1 unspecified atom stereocenters. The van der Waals surface area contributed by atoms with Gasteiger partial charge in [0, 0.05) is 38.9 Å². The molecule has 0 bridgehead atoms. The van der Waals surface area contributed by atoms with Gasteiger partial charge in [-0.2, -0.15) is 0 Å². The molecule has 1 aliphatic rings. The highest BCUT2D eigenvalue weighted by atomic mass is 127. The van der Waals surface area contributed by atoms with Gasteiger partial charge in [-0.1, -0.05) is 18.2 Å². The maximum absolute atomic E-state index is 5.66. The highest BCUT2D eigenvalue weighted by molar-refractivity contribution is 14.0. The predicted molar refractivity (Wildman–Crippen MR) is 116 cm³/mol.